The van der Waals surface area contributed by atoms with Gasteiger partial charge in [-0.25, -0.2) is 0 Å². The molecule has 0 radical (unpaired) electrons. The van der Waals surface area contributed by atoms with Crippen molar-refractivity contribution in [3.8, 4) is 5.75 Å². The first-order chi connectivity index (χ1) is 11.9. The molecule has 1 amide bonds. The van der Waals surface area contributed by atoms with Crippen LogP contribution in [-0.4, -0.2) is 18.1 Å². The third kappa shape index (κ3) is 4.18. The molecule has 1 N–H and O–H groups in total. The first kappa shape index (κ1) is 18.3. The van der Waals surface area contributed by atoms with Gasteiger partial charge in [0.25, 0.3) is 5.91 Å². The summed E-state index contributed by atoms with van der Waals surface area (Å²) in [6, 6.07) is 11.4. The zero-order valence-corrected chi connectivity index (χ0v) is 16.3. The Bertz CT molecular complexity index is 704. The van der Waals surface area contributed by atoms with Crippen molar-refractivity contribution >= 4 is 28.8 Å². The van der Waals surface area contributed by atoms with Gasteiger partial charge in [-0.3, -0.25) is 4.79 Å². The van der Waals surface area contributed by atoms with Crippen LogP contribution in [0.1, 0.15) is 44.4 Å². The van der Waals surface area contributed by atoms with E-state index in [0.717, 1.165) is 12.8 Å². The smallest absolute Gasteiger partial charge is 0.263 e. The van der Waals surface area contributed by atoms with Crippen molar-refractivity contribution in [1.82, 2.24) is 5.32 Å². The Morgan fingerprint density at radius 1 is 1.24 bits per heavy atom. The van der Waals surface area contributed by atoms with E-state index in [-0.39, 0.29) is 11.3 Å². The van der Waals surface area contributed by atoms with E-state index in [1.165, 1.54) is 17.7 Å². The number of ether oxygens (including phenoxy) is 1. The summed E-state index contributed by atoms with van der Waals surface area (Å²) in [6.07, 6.45) is 4.70. The van der Waals surface area contributed by atoms with Gasteiger partial charge in [0.05, 0.1) is 0 Å². The van der Waals surface area contributed by atoms with E-state index >= 15 is 0 Å². The molecule has 1 aliphatic rings. The molecule has 134 valence electrons. The van der Waals surface area contributed by atoms with Crippen LogP contribution in [0.3, 0.4) is 0 Å². The van der Waals surface area contributed by atoms with Crippen LogP contribution in [0, 0.1) is 0 Å². The van der Waals surface area contributed by atoms with Crippen molar-refractivity contribution in [3.63, 3.8) is 0 Å². The molecule has 1 aromatic heterocycles. The number of benzene rings is 1. The number of carbonyl (C=O) groups excluding carboxylic acids is 1. The van der Waals surface area contributed by atoms with Gasteiger partial charge in [-0.15, -0.1) is 11.3 Å². The van der Waals surface area contributed by atoms with Crippen LogP contribution in [0.5, 0.6) is 5.75 Å². The lowest BCUT2D eigenvalue weighted by molar-refractivity contribution is -0.134. The first-order valence-corrected chi connectivity index (χ1v) is 9.94. The fourth-order valence-corrected chi connectivity index (χ4v) is 4.56. The molecule has 1 heterocycles. The minimum absolute atomic E-state index is 0.0835. The maximum Gasteiger partial charge on any atom is 0.263 e. The Morgan fingerprint density at radius 2 is 1.92 bits per heavy atom. The number of hydrogen-bond acceptors (Lipinski definition) is 3. The molecule has 0 unspecified atom stereocenters. The van der Waals surface area contributed by atoms with Crippen molar-refractivity contribution in [2.75, 3.05) is 6.54 Å². The molecule has 25 heavy (non-hydrogen) atoms. The van der Waals surface area contributed by atoms with Crippen LogP contribution in [0.2, 0.25) is 5.02 Å². The van der Waals surface area contributed by atoms with E-state index in [4.69, 9.17) is 16.3 Å². The van der Waals surface area contributed by atoms with Gasteiger partial charge in [0, 0.05) is 21.9 Å². The van der Waals surface area contributed by atoms with E-state index in [9.17, 15) is 4.79 Å². The second-order valence-corrected chi connectivity index (χ2v) is 8.60. The van der Waals surface area contributed by atoms with Gasteiger partial charge in [0.15, 0.2) is 5.60 Å². The highest BCUT2D eigenvalue weighted by Gasteiger charge is 2.38. The standard InChI is InChI=1S/C20H24ClNO2S/c1-19(2,24-16-9-7-15(21)8-10-16)18(23)22-14-20(11-3-4-12-20)17-6-5-13-25-17/h5-10,13H,3-4,11-12,14H2,1-2H3,(H,22,23). The van der Waals surface area contributed by atoms with Crippen LogP contribution >= 0.6 is 22.9 Å². The lowest BCUT2D eigenvalue weighted by atomic mass is 9.84. The molecule has 2 aromatic rings. The average molecular weight is 378 g/mol. The van der Waals surface area contributed by atoms with Gasteiger partial charge in [-0.05, 0) is 62.4 Å². The Balaban J connectivity index is 1.65. The Kier molecular flexibility index (Phi) is 5.40. The SMILES string of the molecule is CC(C)(Oc1ccc(Cl)cc1)C(=O)NCC1(c2cccs2)CCCC1. The number of thiophene rings is 1. The predicted molar refractivity (Wildman–Crippen MR) is 104 cm³/mol. The van der Waals surface area contributed by atoms with Crippen molar-refractivity contribution in [1.29, 1.82) is 0 Å². The molecule has 1 saturated carbocycles. The van der Waals surface area contributed by atoms with E-state index in [0.29, 0.717) is 17.3 Å². The van der Waals surface area contributed by atoms with Gasteiger partial charge in [0.2, 0.25) is 0 Å². The highest BCUT2D eigenvalue weighted by Crippen LogP contribution is 2.42. The number of hydrogen-bond donors (Lipinski definition) is 1. The van der Waals surface area contributed by atoms with Gasteiger partial charge in [0.1, 0.15) is 5.75 Å². The van der Waals surface area contributed by atoms with E-state index in [2.05, 4.69) is 22.8 Å². The van der Waals surface area contributed by atoms with E-state index < -0.39 is 5.60 Å². The Labute approximate surface area is 158 Å². The molecule has 0 spiro atoms. The number of halogens is 1. The zero-order valence-electron chi connectivity index (χ0n) is 14.7. The van der Waals surface area contributed by atoms with Crippen LogP contribution in [-0.2, 0) is 10.2 Å². The Hall–Kier alpha value is -1.52. The van der Waals surface area contributed by atoms with Crippen LogP contribution in [0.15, 0.2) is 41.8 Å². The maximum atomic E-state index is 12.7. The van der Waals surface area contributed by atoms with Crippen LogP contribution < -0.4 is 10.1 Å². The normalized spacial score (nSPS) is 16.6. The summed E-state index contributed by atoms with van der Waals surface area (Å²) >= 11 is 7.69. The van der Waals surface area contributed by atoms with Gasteiger partial charge in [-0.1, -0.05) is 30.5 Å². The molecular weight excluding hydrogens is 354 g/mol. The fourth-order valence-electron chi connectivity index (χ4n) is 3.45. The zero-order chi connectivity index (χ0) is 17.9. The summed E-state index contributed by atoms with van der Waals surface area (Å²) in [4.78, 5) is 14.1. The second kappa shape index (κ2) is 7.38. The minimum Gasteiger partial charge on any atom is -0.478 e. The monoisotopic (exact) mass is 377 g/mol. The number of amides is 1. The molecule has 1 aromatic carbocycles. The third-order valence-corrected chi connectivity index (χ3v) is 6.29. The molecule has 3 rings (SSSR count). The number of rotatable bonds is 6. The lowest BCUT2D eigenvalue weighted by Gasteiger charge is -2.31. The van der Waals surface area contributed by atoms with Crippen molar-refractivity contribution in [2.45, 2.75) is 50.5 Å². The molecule has 1 aliphatic carbocycles. The molecule has 0 saturated heterocycles. The number of nitrogens with one attached hydrogen (secondary N) is 1. The quantitative estimate of drug-likeness (QED) is 0.752. The highest BCUT2D eigenvalue weighted by atomic mass is 35.5. The molecule has 1 fully saturated rings. The van der Waals surface area contributed by atoms with Crippen molar-refractivity contribution in [3.05, 3.63) is 51.7 Å². The van der Waals surface area contributed by atoms with Crippen LogP contribution in [0.4, 0.5) is 0 Å². The third-order valence-electron chi connectivity index (χ3n) is 4.93. The maximum absolute atomic E-state index is 12.7. The number of carbonyl (C=O) groups is 1. The van der Waals surface area contributed by atoms with E-state index in [1.807, 2.05) is 0 Å². The summed E-state index contributed by atoms with van der Waals surface area (Å²) in [5.41, 5.74) is -0.858. The first-order valence-electron chi connectivity index (χ1n) is 8.68. The van der Waals surface area contributed by atoms with Crippen molar-refractivity contribution < 1.29 is 9.53 Å². The van der Waals surface area contributed by atoms with Crippen LogP contribution in [0.25, 0.3) is 0 Å². The second-order valence-electron chi connectivity index (χ2n) is 7.21. The van der Waals surface area contributed by atoms with Gasteiger partial charge in [-0.2, -0.15) is 0 Å². The molecule has 0 aliphatic heterocycles. The molecular formula is C20H24ClNO2S. The minimum atomic E-state index is -0.941. The molecule has 5 heteroatoms. The van der Waals surface area contributed by atoms with Crippen molar-refractivity contribution in [2.24, 2.45) is 0 Å². The lowest BCUT2D eigenvalue weighted by Crippen LogP contribution is -2.50. The summed E-state index contributed by atoms with van der Waals surface area (Å²) in [5, 5.41) is 5.91. The summed E-state index contributed by atoms with van der Waals surface area (Å²) in [5.74, 6) is 0.545. The summed E-state index contributed by atoms with van der Waals surface area (Å²) in [7, 11) is 0. The highest BCUT2D eigenvalue weighted by molar-refractivity contribution is 7.10. The molecule has 3 nitrogen and oxygen atoms in total. The predicted octanol–water partition coefficient (Wildman–Crippen LogP) is 5.19. The molecule has 0 atom stereocenters. The molecule has 0 bridgehead atoms. The van der Waals surface area contributed by atoms with E-state index in [1.54, 1.807) is 49.4 Å². The summed E-state index contributed by atoms with van der Waals surface area (Å²) < 4.78 is 5.89. The fraction of sp³-hybridized carbons (Fsp3) is 0.450. The average Bonchev–Trinajstić information content (AvgIpc) is 3.26. The van der Waals surface area contributed by atoms with Gasteiger partial charge >= 0.3 is 0 Å². The largest absolute Gasteiger partial charge is 0.478 e. The Morgan fingerprint density at radius 3 is 2.52 bits per heavy atom. The summed E-state index contributed by atoms with van der Waals surface area (Å²) in [6.45, 7) is 4.26. The topological polar surface area (TPSA) is 38.3 Å². The van der Waals surface area contributed by atoms with Gasteiger partial charge < -0.3 is 10.1 Å².